The van der Waals surface area contributed by atoms with E-state index in [-0.39, 0.29) is 28.7 Å². The molecular weight excluding hydrogens is 605 g/mol. The highest BCUT2D eigenvalue weighted by Gasteiger charge is 2.34. The number of nitrogens with one attached hydrogen (secondary N) is 2. The van der Waals surface area contributed by atoms with E-state index >= 15 is 0 Å². The largest absolute Gasteiger partial charge is 0.493 e. The number of fused-ring (bicyclic) bond motifs is 1. The Balaban J connectivity index is 1.41. The number of rotatable bonds is 11. The van der Waals surface area contributed by atoms with Crippen molar-refractivity contribution in [1.82, 2.24) is 20.2 Å². The van der Waals surface area contributed by atoms with Crippen molar-refractivity contribution in [2.24, 2.45) is 5.92 Å². The van der Waals surface area contributed by atoms with Gasteiger partial charge in [0.15, 0.2) is 17.3 Å². The maximum Gasteiger partial charge on any atom is 0.410 e. The number of carbonyl (C=O) groups excluding carboxylic acids is 2. The Hall–Kier alpha value is -3.90. The molecule has 2 aromatic carbocycles. The summed E-state index contributed by atoms with van der Waals surface area (Å²) < 4.78 is 37.1. The van der Waals surface area contributed by atoms with Crippen molar-refractivity contribution in [2.75, 3.05) is 39.7 Å². The lowest BCUT2D eigenvalue weighted by Crippen LogP contribution is -2.48. The number of anilines is 2. The van der Waals surface area contributed by atoms with Crippen molar-refractivity contribution in [3.05, 3.63) is 47.5 Å². The molecule has 1 amide bonds. The van der Waals surface area contributed by atoms with Crippen LogP contribution in [0.4, 0.5) is 20.7 Å². The molecule has 1 saturated carbocycles. The summed E-state index contributed by atoms with van der Waals surface area (Å²) in [5, 5.41) is 6.91. The van der Waals surface area contributed by atoms with Crippen molar-refractivity contribution >= 4 is 46.1 Å². The minimum absolute atomic E-state index is 0.00238. The number of aromatic nitrogens is 2. The Bertz CT molecular complexity index is 1490. The van der Waals surface area contributed by atoms with Crippen LogP contribution in [0, 0.1) is 11.7 Å². The number of esters is 1. The Morgan fingerprint density at radius 2 is 1.84 bits per heavy atom. The highest BCUT2D eigenvalue weighted by atomic mass is 35.5. The molecule has 1 unspecified atom stereocenters. The molecule has 0 aliphatic heterocycles. The van der Waals surface area contributed by atoms with Gasteiger partial charge in [0.1, 0.15) is 23.8 Å². The van der Waals surface area contributed by atoms with E-state index in [9.17, 15) is 14.0 Å². The zero-order valence-electron chi connectivity index (χ0n) is 26.5. The molecule has 0 saturated heterocycles. The van der Waals surface area contributed by atoms with E-state index in [1.165, 1.54) is 24.4 Å². The minimum atomic E-state index is -0.589. The molecule has 2 N–H and O–H groups in total. The fraction of sp³-hybridized carbons (Fsp3) is 0.500. The number of ether oxygens (including phenoxy) is 4. The summed E-state index contributed by atoms with van der Waals surface area (Å²) in [7, 11) is 4.59. The maximum atomic E-state index is 14.6. The molecule has 244 valence electrons. The second kappa shape index (κ2) is 14.9. The lowest BCUT2D eigenvalue weighted by Gasteiger charge is -2.33. The molecule has 0 radical (unpaired) electrons. The van der Waals surface area contributed by atoms with Gasteiger partial charge >= 0.3 is 12.1 Å². The zero-order chi connectivity index (χ0) is 32.7. The summed E-state index contributed by atoms with van der Waals surface area (Å²) in [6, 6.07) is 7.71. The van der Waals surface area contributed by atoms with Crippen LogP contribution in [0.1, 0.15) is 46.5 Å². The molecule has 1 fully saturated rings. The highest BCUT2D eigenvalue weighted by molar-refractivity contribution is 6.31. The van der Waals surface area contributed by atoms with Crippen LogP contribution in [0.3, 0.4) is 0 Å². The quantitative estimate of drug-likeness (QED) is 0.236. The first-order chi connectivity index (χ1) is 21.4. The van der Waals surface area contributed by atoms with E-state index in [1.54, 1.807) is 38.4 Å². The first kappa shape index (κ1) is 34.0. The molecule has 3 aromatic rings. The van der Waals surface area contributed by atoms with E-state index in [4.69, 9.17) is 30.5 Å². The molecule has 13 heteroatoms. The number of hydrogen-bond acceptors (Lipinski definition) is 10. The van der Waals surface area contributed by atoms with Crippen LogP contribution < -0.4 is 20.1 Å². The number of hydrogen-bond donors (Lipinski definition) is 2. The fourth-order valence-corrected chi connectivity index (χ4v) is 5.43. The summed E-state index contributed by atoms with van der Waals surface area (Å²) in [5.74, 6) is 0.507. The Kier molecular flexibility index (Phi) is 11.3. The van der Waals surface area contributed by atoms with Gasteiger partial charge in [-0.25, -0.2) is 19.2 Å². The van der Waals surface area contributed by atoms with Crippen molar-refractivity contribution < 1.29 is 32.9 Å². The first-order valence-electron chi connectivity index (χ1n) is 14.9. The Morgan fingerprint density at radius 1 is 1.11 bits per heavy atom. The molecule has 1 aromatic heterocycles. The number of benzene rings is 2. The number of methoxy groups -OCH3 is 2. The van der Waals surface area contributed by atoms with E-state index in [0.29, 0.717) is 54.2 Å². The second-order valence-electron chi connectivity index (χ2n) is 12.0. The van der Waals surface area contributed by atoms with Gasteiger partial charge in [-0.1, -0.05) is 17.7 Å². The highest BCUT2D eigenvalue weighted by Crippen LogP contribution is 2.38. The average molecular weight is 646 g/mol. The number of nitrogens with zero attached hydrogens (tertiary/aromatic N) is 3. The standard InChI is InChI=1S/C32H41ClFN5O6/c1-32(2,3)45-31(41)39(4)15-14-35-28(30(40)43-6)19-10-12-20(13-11-19)44-26-16-21-24(17-25(26)42-5)36-18-37-29(21)38-23-9-7-8-22(33)27(23)34/h7-9,16-20,28,35H,10-15H2,1-6H3,(H,36,37,38). The van der Waals surface area contributed by atoms with Gasteiger partial charge in [0.25, 0.3) is 0 Å². The third-order valence-electron chi connectivity index (χ3n) is 7.58. The van der Waals surface area contributed by atoms with Gasteiger partial charge in [-0.05, 0) is 70.6 Å². The molecule has 4 rings (SSSR count). The smallest absolute Gasteiger partial charge is 0.410 e. The van der Waals surface area contributed by atoms with Gasteiger partial charge in [0, 0.05) is 31.6 Å². The summed E-state index contributed by atoms with van der Waals surface area (Å²) in [6.45, 7) is 6.21. The van der Waals surface area contributed by atoms with E-state index in [1.807, 2.05) is 20.8 Å². The summed E-state index contributed by atoms with van der Waals surface area (Å²) >= 11 is 5.96. The average Bonchev–Trinajstić information content (AvgIpc) is 3.00. The number of amides is 1. The van der Waals surface area contributed by atoms with Crippen molar-refractivity contribution in [2.45, 2.75) is 64.2 Å². The Morgan fingerprint density at radius 3 is 2.51 bits per heavy atom. The summed E-state index contributed by atoms with van der Waals surface area (Å²) in [5.41, 5.74) is 0.185. The van der Waals surface area contributed by atoms with E-state index < -0.39 is 23.6 Å². The molecule has 11 nitrogen and oxygen atoms in total. The third kappa shape index (κ3) is 8.85. The van der Waals surface area contributed by atoms with Crippen molar-refractivity contribution in [1.29, 1.82) is 0 Å². The predicted octanol–water partition coefficient (Wildman–Crippen LogP) is 6.11. The molecule has 0 bridgehead atoms. The van der Waals surface area contributed by atoms with Crippen LogP contribution in [-0.2, 0) is 14.3 Å². The summed E-state index contributed by atoms with van der Waals surface area (Å²) in [6.07, 6.45) is 3.67. The zero-order valence-corrected chi connectivity index (χ0v) is 27.2. The van der Waals surface area contributed by atoms with Crippen molar-refractivity contribution in [3.63, 3.8) is 0 Å². The van der Waals surface area contributed by atoms with Crippen LogP contribution in [0.5, 0.6) is 11.5 Å². The molecule has 1 aliphatic rings. The lowest BCUT2D eigenvalue weighted by atomic mass is 9.82. The van der Waals surface area contributed by atoms with Gasteiger partial charge < -0.3 is 34.5 Å². The number of likely N-dealkylation sites (N-methyl/N-ethyl adjacent to an activating group) is 1. The second-order valence-corrected chi connectivity index (χ2v) is 12.4. The van der Waals surface area contributed by atoms with E-state index in [0.717, 1.165) is 12.8 Å². The topological polar surface area (TPSA) is 124 Å². The molecule has 0 spiro atoms. The normalized spacial score (nSPS) is 17.3. The van der Waals surface area contributed by atoms with Gasteiger partial charge in [-0.3, -0.25) is 4.79 Å². The first-order valence-corrected chi connectivity index (χ1v) is 15.2. The number of halogens is 2. The fourth-order valence-electron chi connectivity index (χ4n) is 5.25. The molecule has 1 heterocycles. The maximum absolute atomic E-state index is 14.6. The van der Waals surface area contributed by atoms with Gasteiger partial charge in [-0.15, -0.1) is 0 Å². The van der Waals surface area contributed by atoms with Gasteiger partial charge in [-0.2, -0.15) is 0 Å². The van der Waals surface area contributed by atoms with Crippen LogP contribution in [-0.4, -0.2) is 79.0 Å². The van der Waals surface area contributed by atoms with Crippen LogP contribution >= 0.6 is 11.6 Å². The number of carbonyl (C=O) groups is 2. The minimum Gasteiger partial charge on any atom is -0.493 e. The predicted molar refractivity (Wildman–Crippen MR) is 170 cm³/mol. The molecular formula is C32H41ClFN5O6. The van der Waals surface area contributed by atoms with Crippen LogP contribution in [0.2, 0.25) is 5.02 Å². The molecule has 1 atom stereocenters. The summed E-state index contributed by atoms with van der Waals surface area (Å²) in [4.78, 5) is 35.1. The molecule has 45 heavy (non-hydrogen) atoms. The monoisotopic (exact) mass is 645 g/mol. The lowest BCUT2D eigenvalue weighted by molar-refractivity contribution is -0.145. The van der Waals surface area contributed by atoms with Crippen LogP contribution in [0.15, 0.2) is 36.7 Å². The van der Waals surface area contributed by atoms with Gasteiger partial charge in [0.05, 0.1) is 36.6 Å². The SMILES string of the molecule is COC(=O)C(NCCN(C)C(=O)OC(C)(C)C)C1CCC(Oc2cc3c(Nc4cccc(Cl)c4F)ncnc3cc2OC)CC1. The third-order valence-corrected chi connectivity index (χ3v) is 7.87. The van der Waals surface area contributed by atoms with Gasteiger partial charge in [0.2, 0.25) is 0 Å². The van der Waals surface area contributed by atoms with Crippen molar-refractivity contribution in [3.8, 4) is 11.5 Å². The Labute approximate surface area is 267 Å². The molecule has 1 aliphatic carbocycles. The van der Waals surface area contributed by atoms with E-state index in [2.05, 4.69) is 20.6 Å². The van der Waals surface area contributed by atoms with Crippen LogP contribution in [0.25, 0.3) is 10.9 Å².